The van der Waals surface area contributed by atoms with Gasteiger partial charge in [-0.3, -0.25) is 0 Å². The molecule has 0 aliphatic heterocycles. The fourth-order valence-corrected chi connectivity index (χ4v) is 2.99. The molecule has 0 saturated carbocycles. The van der Waals surface area contributed by atoms with Crippen LogP contribution in [-0.4, -0.2) is 36.1 Å². The van der Waals surface area contributed by atoms with Crippen LogP contribution in [0.25, 0.3) is 0 Å². The average molecular weight is 503 g/mol. The fourth-order valence-electron chi connectivity index (χ4n) is 2.03. The monoisotopic (exact) mass is 501 g/mol. The molecule has 0 aromatic carbocycles. The van der Waals surface area contributed by atoms with Gasteiger partial charge in [0.05, 0.1) is 38.7 Å². The number of carbonyl (C=O) groups is 2. The van der Waals surface area contributed by atoms with E-state index < -0.39 is 11.9 Å². The number of pyridine rings is 2. The Bertz CT molecular complexity index is 767. The number of ether oxygens (including phenoxy) is 2. The first-order chi connectivity index (χ1) is 12.9. The summed E-state index contributed by atoms with van der Waals surface area (Å²) < 4.78 is 10.8. The van der Waals surface area contributed by atoms with E-state index in [1.165, 1.54) is 14.2 Å². The first-order valence-electron chi connectivity index (χ1n) is 7.63. The molecule has 11 heteroatoms. The quantitative estimate of drug-likeness (QED) is 0.282. The van der Waals surface area contributed by atoms with Crippen LogP contribution in [0.5, 0.6) is 0 Å². The number of carbonyl (C=O) groups excluding carboxylic acids is 2. The highest BCUT2D eigenvalue weighted by molar-refractivity contribution is 9.10. The Kier molecular flexibility index (Phi) is 8.25. The van der Waals surface area contributed by atoms with Gasteiger partial charge >= 0.3 is 11.9 Å². The standard InChI is InChI=1S/C16H17Br2N5O4/c1-26-15(24)13-5-9(17)3-11(21-13)7-19-23-20-8-12-4-10(18)6-14(22-12)16(25)27-2/h3-6,19-20,23H,7-8H2,1-2H3. The molecule has 144 valence electrons. The van der Waals surface area contributed by atoms with E-state index in [4.69, 9.17) is 0 Å². The molecule has 0 bridgehead atoms. The molecule has 2 aromatic heterocycles. The number of halogens is 2. The van der Waals surface area contributed by atoms with E-state index in [1.807, 2.05) is 0 Å². The lowest BCUT2D eigenvalue weighted by molar-refractivity contribution is 0.0585. The van der Waals surface area contributed by atoms with Gasteiger partial charge in [0.15, 0.2) is 0 Å². The lowest BCUT2D eigenvalue weighted by atomic mass is 10.3. The Morgan fingerprint density at radius 2 is 1.26 bits per heavy atom. The van der Waals surface area contributed by atoms with Crippen LogP contribution >= 0.6 is 31.9 Å². The Morgan fingerprint density at radius 1 is 0.852 bits per heavy atom. The summed E-state index contributed by atoms with van der Waals surface area (Å²) in [7, 11) is 2.60. The van der Waals surface area contributed by atoms with Crippen molar-refractivity contribution in [2.45, 2.75) is 13.1 Å². The summed E-state index contributed by atoms with van der Waals surface area (Å²) in [5.41, 5.74) is 10.3. The zero-order valence-electron chi connectivity index (χ0n) is 14.5. The zero-order chi connectivity index (χ0) is 19.8. The van der Waals surface area contributed by atoms with Crippen LogP contribution in [0.15, 0.2) is 33.2 Å². The third kappa shape index (κ3) is 6.63. The van der Waals surface area contributed by atoms with Gasteiger partial charge < -0.3 is 9.47 Å². The molecule has 27 heavy (non-hydrogen) atoms. The predicted molar refractivity (Wildman–Crippen MR) is 103 cm³/mol. The summed E-state index contributed by atoms with van der Waals surface area (Å²) in [5, 5.41) is 0. The topological polar surface area (TPSA) is 114 Å². The second-order valence-electron chi connectivity index (χ2n) is 5.14. The molecule has 0 radical (unpaired) electrons. The number of nitrogens with one attached hydrogen (secondary N) is 3. The number of hydrazine groups is 2. The summed E-state index contributed by atoms with van der Waals surface area (Å²) in [4.78, 5) is 31.6. The molecule has 9 nitrogen and oxygen atoms in total. The molecule has 0 aliphatic rings. The minimum Gasteiger partial charge on any atom is -0.464 e. The summed E-state index contributed by atoms with van der Waals surface area (Å²) in [5.74, 6) is -1.02. The van der Waals surface area contributed by atoms with Gasteiger partial charge in [-0.1, -0.05) is 31.9 Å². The number of methoxy groups -OCH3 is 2. The molecular formula is C16H17Br2N5O4. The van der Waals surface area contributed by atoms with Crippen molar-refractivity contribution in [1.29, 1.82) is 0 Å². The summed E-state index contributed by atoms with van der Waals surface area (Å²) in [6.07, 6.45) is 0. The number of hydrogen-bond acceptors (Lipinski definition) is 9. The molecule has 2 heterocycles. The molecule has 3 N–H and O–H groups in total. The van der Waals surface area contributed by atoms with Gasteiger partial charge in [-0.25, -0.2) is 30.4 Å². The third-order valence-corrected chi connectivity index (χ3v) is 4.11. The first-order valence-corrected chi connectivity index (χ1v) is 9.21. The Morgan fingerprint density at radius 3 is 1.63 bits per heavy atom. The van der Waals surface area contributed by atoms with Gasteiger partial charge in [0.25, 0.3) is 0 Å². The summed E-state index contributed by atoms with van der Waals surface area (Å²) >= 11 is 6.67. The van der Waals surface area contributed by atoms with E-state index in [-0.39, 0.29) is 11.4 Å². The molecule has 0 fully saturated rings. The fraction of sp³-hybridized carbons (Fsp3) is 0.250. The van der Waals surface area contributed by atoms with Crippen LogP contribution in [0.2, 0.25) is 0 Å². The van der Waals surface area contributed by atoms with E-state index in [2.05, 4.69) is 67.7 Å². The third-order valence-electron chi connectivity index (χ3n) is 3.19. The number of esters is 2. The van der Waals surface area contributed by atoms with Crippen molar-refractivity contribution < 1.29 is 19.1 Å². The average Bonchev–Trinajstić information content (AvgIpc) is 2.65. The van der Waals surface area contributed by atoms with Gasteiger partial charge in [0.2, 0.25) is 0 Å². The summed E-state index contributed by atoms with van der Waals surface area (Å²) in [6, 6.07) is 6.72. The molecule has 0 aliphatic carbocycles. The van der Waals surface area contributed by atoms with Crippen LogP contribution in [0.4, 0.5) is 0 Å². The van der Waals surface area contributed by atoms with Crippen LogP contribution in [0.1, 0.15) is 32.4 Å². The van der Waals surface area contributed by atoms with E-state index >= 15 is 0 Å². The van der Waals surface area contributed by atoms with Gasteiger partial charge in [-0.2, -0.15) is 5.53 Å². The normalized spacial score (nSPS) is 10.5. The smallest absolute Gasteiger partial charge is 0.356 e. The van der Waals surface area contributed by atoms with E-state index in [1.54, 1.807) is 24.3 Å². The highest BCUT2D eigenvalue weighted by Gasteiger charge is 2.11. The van der Waals surface area contributed by atoms with Crippen molar-refractivity contribution in [3.63, 3.8) is 0 Å². The maximum atomic E-state index is 11.6. The number of hydrogen-bond donors (Lipinski definition) is 3. The zero-order valence-corrected chi connectivity index (χ0v) is 17.7. The number of aromatic nitrogens is 2. The van der Waals surface area contributed by atoms with Crippen molar-refractivity contribution in [1.82, 2.24) is 26.4 Å². The molecular weight excluding hydrogens is 486 g/mol. The first kappa shape index (κ1) is 21.4. The molecule has 0 atom stereocenters. The van der Waals surface area contributed by atoms with Gasteiger partial charge in [-0.05, 0) is 24.3 Å². The second-order valence-corrected chi connectivity index (χ2v) is 6.97. The van der Waals surface area contributed by atoms with Crippen molar-refractivity contribution in [3.05, 3.63) is 56.0 Å². The lowest BCUT2D eigenvalue weighted by Crippen LogP contribution is -2.42. The van der Waals surface area contributed by atoms with Crippen molar-refractivity contribution >= 4 is 43.8 Å². The Labute approximate surface area is 172 Å². The molecule has 2 rings (SSSR count). The van der Waals surface area contributed by atoms with E-state index in [0.717, 1.165) is 8.95 Å². The number of nitrogens with zero attached hydrogens (tertiary/aromatic N) is 2. The maximum Gasteiger partial charge on any atom is 0.356 e. The molecule has 0 amide bonds. The Hall–Kier alpha value is -1.92. The predicted octanol–water partition coefficient (Wildman–Crippen LogP) is 1.87. The number of rotatable bonds is 8. The van der Waals surface area contributed by atoms with Gasteiger partial charge in [0, 0.05) is 8.95 Å². The van der Waals surface area contributed by atoms with Gasteiger partial charge in [0.1, 0.15) is 11.4 Å². The summed E-state index contributed by atoms with van der Waals surface area (Å²) in [6.45, 7) is 0.686. The molecule has 0 unspecified atom stereocenters. The minimum atomic E-state index is -0.509. The Balaban J connectivity index is 1.86. The highest BCUT2D eigenvalue weighted by Crippen LogP contribution is 2.14. The van der Waals surface area contributed by atoms with Crippen LogP contribution in [0, 0.1) is 0 Å². The van der Waals surface area contributed by atoms with E-state index in [9.17, 15) is 9.59 Å². The molecule has 2 aromatic rings. The lowest BCUT2D eigenvalue weighted by Gasteiger charge is -2.10. The molecule has 0 saturated heterocycles. The second kappa shape index (κ2) is 10.4. The van der Waals surface area contributed by atoms with Gasteiger partial charge in [-0.15, -0.1) is 0 Å². The maximum absolute atomic E-state index is 11.6. The van der Waals surface area contributed by atoms with Crippen LogP contribution in [0.3, 0.4) is 0 Å². The van der Waals surface area contributed by atoms with Crippen LogP contribution < -0.4 is 16.4 Å². The van der Waals surface area contributed by atoms with Crippen molar-refractivity contribution in [3.8, 4) is 0 Å². The SMILES string of the molecule is COC(=O)c1cc(Br)cc(CNNNCc2cc(Br)cc(C(=O)OC)n2)n1. The molecule has 0 spiro atoms. The van der Waals surface area contributed by atoms with E-state index in [0.29, 0.717) is 24.5 Å². The largest absolute Gasteiger partial charge is 0.464 e. The van der Waals surface area contributed by atoms with Crippen LogP contribution in [-0.2, 0) is 22.6 Å². The minimum absolute atomic E-state index is 0.213. The van der Waals surface area contributed by atoms with Crippen molar-refractivity contribution in [2.75, 3.05) is 14.2 Å². The van der Waals surface area contributed by atoms with Crippen molar-refractivity contribution in [2.24, 2.45) is 0 Å². The highest BCUT2D eigenvalue weighted by atomic mass is 79.9.